The number of ether oxygens (including phenoxy) is 4. The second-order valence-corrected chi connectivity index (χ2v) is 9.94. The lowest BCUT2D eigenvalue weighted by Crippen LogP contribution is -2.14. The molecule has 0 saturated heterocycles. The van der Waals surface area contributed by atoms with E-state index in [1.54, 1.807) is 19.1 Å². The second kappa shape index (κ2) is 11.4. The second-order valence-electron chi connectivity index (χ2n) is 7.98. The van der Waals surface area contributed by atoms with Gasteiger partial charge in [-0.3, -0.25) is 4.98 Å². The number of hydrogen-bond acceptors (Lipinski definition) is 8. The number of benzene rings is 3. The molecule has 3 aromatic carbocycles. The molecule has 4 rings (SSSR count). The number of methoxy groups -OCH3 is 1. The van der Waals surface area contributed by atoms with Gasteiger partial charge in [-0.15, -0.1) is 0 Å². The van der Waals surface area contributed by atoms with E-state index in [2.05, 4.69) is 4.98 Å². The highest BCUT2D eigenvalue weighted by atomic mass is 32.2. The van der Waals surface area contributed by atoms with Gasteiger partial charge in [0.15, 0.2) is 39.5 Å². The van der Waals surface area contributed by atoms with E-state index < -0.39 is 38.1 Å². The number of sulfone groups is 1. The third-order valence-electron chi connectivity index (χ3n) is 5.38. The number of esters is 1. The number of carbonyl (C=O) groups is 1. The van der Waals surface area contributed by atoms with Crippen molar-refractivity contribution in [2.45, 2.75) is 17.6 Å². The van der Waals surface area contributed by atoms with Crippen LogP contribution in [-0.4, -0.2) is 39.7 Å². The van der Waals surface area contributed by atoms with Crippen LogP contribution in [0.25, 0.3) is 10.9 Å². The number of hydrogen-bond donors (Lipinski definition) is 0. The molecule has 0 aliphatic carbocycles. The lowest BCUT2D eigenvalue weighted by Gasteiger charge is -2.14. The van der Waals surface area contributed by atoms with E-state index in [1.807, 2.05) is 0 Å². The lowest BCUT2D eigenvalue weighted by molar-refractivity contribution is -0.145. The maximum absolute atomic E-state index is 14.9. The van der Waals surface area contributed by atoms with E-state index in [0.717, 1.165) is 18.2 Å². The summed E-state index contributed by atoms with van der Waals surface area (Å²) in [6, 6.07) is 13.4. The van der Waals surface area contributed by atoms with Crippen molar-refractivity contribution >= 4 is 26.7 Å². The Morgan fingerprint density at radius 2 is 1.71 bits per heavy atom. The van der Waals surface area contributed by atoms with Gasteiger partial charge in [0.05, 0.1) is 25.0 Å². The van der Waals surface area contributed by atoms with Crippen molar-refractivity contribution in [3.05, 3.63) is 84.1 Å². The number of aromatic nitrogens is 1. The Morgan fingerprint density at radius 3 is 2.42 bits per heavy atom. The molecule has 1 aromatic heterocycles. The number of rotatable bonds is 10. The fourth-order valence-corrected chi connectivity index (χ4v) is 5.08. The molecule has 1 heterocycles. The van der Waals surface area contributed by atoms with Crippen LogP contribution in [0.2, 0.25) is 0 Å². The number of carbonyl (C=O) groups excluding carboxylic acids is 1. The SMILES string of the molecule is CCOC(=O)COc1cc2nccc(Oc3ccc(CS(=O)(=O)c4ccccc4F)cc3F)c2cc1OC. The Labute approximate surface area is 217 Å². The number of fused-ring (bicyclic) bond motifs is 1. The molecule has 0 aliphatic heterocycles. The van der Waals surface area contributed by atoms with Gasteiger partial charge in [0, 0.05) is 17.6 Å². The Balaban J connectivity index is 1.58. The van der Waals surface area contributed by atoms with E-state index in [1.165, 1.54) is 43.6 Å². The quantitative estimate of drug-likeness (QED) is 0.251. The summed E-state index contributed by atoms with van der Waals surface area (Å²) in [5.41, 5.74) is 0.554. The molecule has 8 nitrogen and oxygen atoms in total. The summed E-state index contributed by atoms with van der Waals surface area (Å²) in [6.45, 7) is 1.58. The minimum absolute atomic E-state index is 0.128. The predicted molar refractivity (Wildman–Crippen MR) is 134 cm³/mol. The molecule has 0 amide bonds. The smallest absolute Gasteiger partial charge is 0.344 e. The van der Waals surface area contributed by atoms with E-state index in [9.17, 15) is 22.0 Å². The third-order valence-corrected chi connectivity index (χ3v) is 7.10. The fourth-order valence-electron chi connectivity index (χ4n) is 3.66. The van der Waals surface area contributed by atoms with Gasteiger partial charge in [-0.05, 0) is 48.9 Å². The van der Waals surface area contributed by atoms with Gasteiger partial charge in [0.1, 0.15) is 16.5 Å². The van der Waals surface area contributed by atoms with E-state index in [0.29, 0.717) is 10.9 Å². The molecule has 0 N–H and O–H groups in total. The molecular formula is C27H23F2NO7S. The first-order valence-electron chi connectivity index (χ1n) is 11.4. The number of pyridine rings is 1. The normalized spacial score (nSPS) is 11.3. The minimum Gasteiger partial charge on any atom is -0.493 e. The standard InChI is InChI=1S/C27H23F2NO7S/c1-3-35-27(31)15-36-25-14-21-18(13-24(25)34-2)22(10-11-30-21)37-23-9-8-17(12-20(23)29)16-38(32,33)26-7-5-4-6-19(26)28/h4-14H,3,15-16H2,1-2H3. The van der Waals surface area contributed by atoms with E-state index in [-0.39, 0.29) is 41.8 Å². The molecule has 0 radical (unpaired) electrons. The first-order chi connectivity index (χ1) is 18.2. The van der Waals surface area contributed by atoms with Crippen molar-refractivity contribution in [3.8, 4) is 23.0 Å². The van der Waals surface area contributed by atoms with Gasteiger partial charge >= 0.3 is 5.97 Å². The van der Waals surface area contributed by atoms with E-state index >= 15 is 0 Å². The summed E-state index contributed by atoms with van der Waals surface area (Å²) in [4.78, 5) is 15.5. The molecular weight excluding hydrogens is 520 g/mol. The van der Waals surface area contributed by atoms with Crippen LogP contribution in [-0.2, 0) is 25.1 Å². The zero-order valence-electron chi connectivity index (χ0n) is 20.4. The topological polar surface area (TPSA) is 101 Å². The van der Waals surface area contributed by atoms with Crippen molar-refractivity contribution in [2.24, 2.45) is 0 Å². The van der Waals surface area contributed by atoms with Gasteiger partial charge in [0.2, 0.25) is 0 Å². The monoisotopic (exact) mass is 543 g/mol. The van der Waals surface area contributed by atoms with Crippen molar-refractivity contribution in [1.29, 1.82) is 0 Å². The zero-order chi connectivity index (χ0) is 27.3. The van der Waals surface area contributed by atoms with Gasteiger partial charge in [-0.25, -0.2) is 22.0 Å². The van der Waals surface area contributed by atoms with Crippen molar-refractivity contribution in [3.63, 3.8) is 0 Å². The highest BCUT2D eigenvalue weighted by Gasteiger charge is 2.21. The van der Waals surface area contributed by atoms with Gasteiger partial charge in [0.25, 0.3) is 0 Å². The average molecular weight is 544 g/mol. The Bertz CT molecular complexity index is 1590. The largest absolute Gasteiger partial charge is 0.493 e. The molecule has 0 unspecified atom stereocenters. The number of halogens is 2. The summed E-state index contributed by atoms with van der Waals surface area (Å²) in [7, 11) is -2.61. The van der Waals surface area contributed by atoms with Gasteiger partial charge in [-0.1, -0.05) is 18.2 Å². The minimum atomic E-state index is -4.03. The average Bonchev–Trinajstić information content (AvgIpc) is 2.88. The van der Waals surface area contributed by atoms with Crippen LogP contribution >= 0.6 is 0 Å². The molecule has 4 aromatic rings. The molecule has 198 valence electrons. The highest BCUT2D eigenvalue weighted by molar-refractivity contribution is 7.90. The van der Waals surface area contributed by atoms with Gasteiger partial charge in [-0.2, -0.15) is 0 Å². The summed E-state index contributed by atoms with van der Waals surface area (Å²) < 4.78 is 75.7. The van der Waals surface area contributed by atoms with Gasteiger partial charge < -0.3 is 18.9 Å². The van der Waals surface area contributed by atoms with Crippen LogP contribution in [0.4, 0.5) is 8.78 Å². The van der Waals surface area contributed by atoms with Crippen LogP contribution in [0, 0.1) is 11.6 Å². The predicted octanol–water partition coefficient (Wildman–Crippen LogP) is 5.23. The summed E-state index contributed by atoms with van der Waals surface area (Å²) in [5.74, 6) is -2.19. The van der Waals surface area contributed by atoms with Crippen molar-refractivity contribution < 1.29 is 40.9 Å². The van der Waals surface area contributed by atoms with E-state index in [4.69, 9.17) is 18.9 Å². The molecule has 0 saturated carbocycles. The summed E-state index contributed by atoms with van der Waals surface area (Å²) >= 11 is 0. The maximum Gasteiger partial charge on any atom is 0.344 e. The molecule has 0 spiro atoms. The first-order valence-corrected chi connectivity index (χ1v) is 13.1. The highest BCUT2D eigenvalue weighted by Crippen LogP contribution is 2.37. The summed E-state index contributed by atoms with van der Waals surface area (Å²) in [5, 5.41) is 0.471. The first kappa shape index (κ1) is 26.8. The third kappa shape index (κ3) is 6.00. The molecule has 38 heavy (non-hydrogen) atoms. The van der Waals surface area contributed by atoms with Crippen molar-refractivity contribution in [2.75, 3.05) is 20.3 Å². The van der Waals surface area contributed by atoms with Crippen LogP contribution in [0.3, 0.4) is 0 Å². The van der Waals surface area contributed by atoms with Crippen LogP contribution in [0.1, 0.15) is 12.5 Å². The Morgan fingerprint density at radius 1 is 0.921 bits per heavy atom. The fraction of sp³-hybridized carbons (Fsp3) is 0.185. The van der Waals surface area contributed by atoms with Crippen LogP contribution < -0.4 is 14.2 Å². The zero-order valence-corrected chi connectivity index (χ0v) is 21.3. The Hall–Kier alpha value is -4.25. The van der Waals surface area contributed by atoms with Crippen LogP contribution in [0.5, 0.6) is 23.0 Å². The van der Waals surface area contributed by atoms with Crippen molar-refractivity contribution in [1.82, 2.24) is 4.98 Å². The molecule has 0 bridgehead atoms. The molecule has 0 fully saturated rings. The Kier molecular flexibility index (Phi) is 8.06. The summed E-state index contributed by atoms with van der Waals surface area (Å²) in [6.07, 6.45) is 1.45. The molecule has 0 atom stereocenters. The maximum atomic E-state index is 14.9. The van der Waals surface area contributed by atoms with Crippen LogP contribution in [0.15, 0.2) is 71.8 Å². The molecule has 11 heteroatoms. The lowest BCUT2D eigenvalue weighted by atomic mass is 10.1. The number of nitrogens with zero attached hydrogens (tertiary/aromatic N) is 1. The molecule has 0 aliphatic rings.